The molecule has 3 N–H and O–H groups in total. The van der Waals surface area contributed by atoms with E-state index in [9.17, 15) is 0 Å². The molecule has 100 valence electrons. The van der Waals surface area contributed by atoms with E-state index in [-0.39, 0.29) is 6.04 Å². The Labute approximate surface area is 123 Å². The summed E-state index contributed by atoms with van der Waals surface area (Å²) in [6, 6.07) is 14.8. The molecule has 0 aliphatic heterocycles. The van der Waals surface area contributed by atoms with E-state index < -0.39 is 0 Å². The Kier molecular flexibility index (Phi) is 4.75. The van der Waals surface area contributed by atoms with Crippen molar-refractivity contribution in [3.63, 3.8) is 0 Å². The molecule has 0 bridgehead atoms. The van der Waals surface area contributed by atoms with Crippen molar-refractivity contribution < 1.29 is 0 Å². The normalized spacial score (nSPS) is 12.4. The van der Waals surface area contributed by atoms with Crippen LogP contribution in [-0.2, 0) is 6.42 Å². The average molecular weight is 319 g/mol. The number of hydrogen-bond donors (Lipinski definition) is 2. The van der Waals surface area contributed by atoms with Crippen molar-refractivity contribution in [3.8, 4) is 0 Å². The van der Waals surface area contributed by atoms with Crippen molar-refractivity contribution >= 4 is 15.9 Å². The van der Waals surface area contributed by atoms with Crippen LogP contribution in [0.25, 0.3) is 0 Å². The summed E-state index contributed by atoms with van der Waals surface area (Å²) in [5, 5.41) is 0. The fourth-order valence-corrected chi connectivity index (χ4v) is 2.68. The van der Waals surface area contributed by atoms with Gasteiger partial charge in [0.05, 0.1) is 6.04 Å². The Bertz CT molecular complexity index is 566. The van der Waals surface area contributed by atoms with E-state index in [0.29, 0.717) is 0 Å². The highest BCUT2D eigenvalue weighted by atomic mass is 79.9. The zero-order valence-corrected chi connectivity index (χ0v) is 12.9. The highest BCUT2D eigenvalue weighted by Crippen LogP contribution is 2.28. The molecule has 1 atom stereocenters. The summed E-state index contributed by atoms with van der Waals surface area (Å²) in [5.41, 5.74) is 7.87. The number of hydrazine groups is 1. The van der Waals surface area contributed by atoms with Gasteiger partial charge in [0.2, 0.25) is 0 Å². The number of rotatable bonds is 4. The Hall–Kier alpha value is -1.16. The van der Waals surface area contributed by atoms with Gasteiger partial charge in [0, 0.05) is 4.47 Å². The Balaban J connectivity index is 2.46. The number of nitrogens with one attached hydrogen (secondary N) is 1. The van der Waals surface area contributed by atoms with Crippen LogP contribution in [0.2, 0.25) is 0 Å². The van der Waals surface area contributed by atoms with Crippen LogP contribution in [0, 0.1) is 6.92 Å². The predicted octanol–water partition coefficient (Wildman–Crippen LogP) is 3.87. The maximum absolute atomic E-state index is 5.78. The van der Waals surface area contributed by atoms with Gasteiger partial charge in [-0.05, 0) is 41.7 Å². The lowest BCUT2D eigenvalue weighted by Gasteiger charge is -2.20. The quantitative estimate of drug-likeness (QED) is 0.663. The van der Waals surface area contributed by atoms with E-state index in [1.165, 1.54) is 22.3 Å². The highest BCUT2D eigenvalue weighted by Gasteiger charge is 2.15. The summed E-state index contributed by atoms with van der Waals surface area (Å²) >= 11 is 3.58. The minimum absolute atomic E-state index is 0.0176. The summed E-state index contributed by atoms with van der Waals surface area (Å²) in [4.78, 5) is 0. The number of halogens is 1. The molecule has 2 aromatic rings. The summed E-state index contributed by atoms with van der Waals surface area (Å²) in [7, 11) is 0. The summed E-state index contributed by atoms with van der Waals surface area (Å²) < 4.78 is 1.11. The third kappa shape index (κ3) is 3.06. The molecule has 3 heteroatoms. The monoisotopic (exact) mass is 318 g/mol. The first-order valence-corrected chi connectivity index (χ1v) is 7.26. The minimum Gasteiger partial charge on any atom is -0.271 e. The van der Waals surface area contributed by atoms with Crippen LogP contribution in [0.4, 0.5) is 0 Å². The summed E-state index contributed by atoms with van der Waals surface area (Å²) in [5.74, 6) is 5.78. The van der Waals surface area contributed by atoms with Crippen molar-refractivity contribution in [3.05, 3.63) is 69.2 Å². The van der Waals surface area contributed by atoms with Crippen LogP contribution in [0.1, 0.15) is 35.2 Å². The third-order valence-electron chi connectivity index (χ3n) is 3.48. The molecule has 19 heavy (non-hydrogen) atoms. The molecule has 0 fully saturated rings. The van der Waals surface area contributed by atoms with E-state index in [1.807, 2.05) is 6.07 Å². The van der Waals surface area contributed by atoms with E-state index >= 15 is 0 Å². The highest BCUT2D eigenvalue weighted by molar-refractivity contribution is 9.10. The predicted molar refractivity (Wildman–Crippen MR) is 83.9 cm³/mol. The van der Waals surface area contributed by atoms with Gasteiger partial charge in [0.1, 0.15) is 0 Å². The number of hydrogen-bond acceptors (Lipinski definition) is 2. The number of aryl methyl sites for hydroxylation is 1. The Morgan fingerprint density at radius 3 is 2.63 bits per heavy atom. The first-order valence-electron chi connectivity index (χ1n) is 6.47. The van der Waals surface area contributed by atoms with Gasteiger partial charge < -0.3 is 0 Å². The standard InChI is InChI=1S/C16H19BrN2/c1-3-12-6-4-7-13(10-12)16(19-18)14-8-5-9-15(17)11(14)2/h4-10,16,19H,3,18H2,1-2H3. The van der Waals surface area contributed by atoms with Gasteiger partial charge in [0.15, 0.2) is 0 Å². The first kappa shape index (κ1) is 14.3. The van der Waals surface area contributed by atoms with Gasteiger partial charge >= 0.3 is 0 Å². The molecule has 0 saturated carbocycles. The van der Waals surface area contributed by atoms with E-state index in [4.69, 9.17) is 5.84 Å². The zero-order valence-electron chi connectivity index (χ0n) is 11.3. The minimum atomic E-state index is 0.0176. The molecule has 0 saturated heterocycles. The van der Waals surface area contributed by atoms with Gasteiger partial charge in [-0.25, -0.2) is 5.43 Å². The van der Waals surface area contributed by atoms with Crippen LogP contribution >= 0.6 is 15.9 Å². The van der Waals surface area contributed by atoms with E-state index in [0.717, 1.165) is 10.9 Å². The van der Waals surface area contributed by atoms with Crippen LogP contribution in [-0.4, -0.2) is 0 Å². The molecule has 2 aromatic carbocycles. The Morgan fingerprint density at radius 2 is 1.95 bits per heavy atom. The maximum atomic E-state index is 5.78. The van der Waals surface area contributed by atoms with Crippen LogP contribution in [0.15, 0.2) is 46.9 Å². The molecule has 0 spiro atoms. The summed E-state index contributed by atoms with van der Waals surface area (Å²) in [6.45, 7) is 4.27. The molecule has 0 radical (unpaired) electrons. The van der Waals surface area contributed by atoms with Crippen molar-refractivity contribution in [1.29, 1.82) is 0 Å². The molecule has 2 rings (SSSR count). The lowest BCUT2D eigenvalue weighted by atomic mass is 9.94. The molecular formula is C16H19BrN2. The van der Waals surface area contributed by atoms with Crippen LogP contribution < -0.4 is 11.3 Å². The molecule has 0 aromatic heterocycles. The van der Waals surface area contributed by atoms with Gasteiger partial charge in [-0.2, -0.15) is 0 Å². The molecule has 0 aliphatic carbocycles. The van der Waals surface area contributed by atoms with Gasteiger partial charge in [-0.15, -0.1) is 0 Å². The Morgan fingerprint density at radius 1 is 1.21 bits per heavy atom. The van der Waals surface area contributed by atoms with E-state index in [1.54, 1.807) is 0 Å². The van der Waals surface area contributed by atoms with E-state index in [2.05, 4.69) is 71.6 Å². The molecular weight excluding hydrogens is 300 g/mol. The average Bonchev–Trinajstić information content (AvgIpc) is 2.44. The van der Waals surface area contributed by atoms with Crippen molar-refractivity contribution in [2.45, 2.75) is 26.3 Å². The van der Waals surface area contributed by atoms with Gasteiger partial charge in [-0.3, -0.25) is 5.84 Å². The first-order chi connectivity index (χ1) is 9.17. The fourth-order valence-electron chi connectivity index (χ4n) is 2.30. The number of nitrogens with two attached hydrogens (primary N) is 1. The van der Waals surface area contributed by atoms with Gasteiger partial charge in [-0.1, -0.05) is 59.3 Å². The second-order valence-corrected chi connectivity index (χ2v) is 5.51. The molecule has 0 amide bonds. The SMILES string of the molecule is CCc1cccc(C(NN)c2cccc(Br)c2C)c1. The fraction of sp³-hybridized carbons (Fsp3) is 0.250. The number of benzene rings is 2. The molecule has 2 nitrogen and oxygen atoms in total. The smallest absolute Gasteiger partial charge is 0.0713 e. The van der Waals surface area contributed by atoms with Crippen LogP contribution in [0.3, 0.4) is 0 Å². The second-order valence-electron chi connectivity index (χ2n) is 4.65. The largest absolute Gasteiger partial charge is 0.271 e. The second kappa shape index (κ2) is 6.33. The van der Waals surface area contributed by atoms with Crippen LogP contribution in [0.5, 0.6) is 0 Å². The summed E-state index contributed by atoms with van der Waals surface area (Å²) in [6.07, 6.45) is 1.03. The molecule has 1 unspecified atom stereocenters. The van der Waals surface area contributed by atoms with Crippen molar-refractivity contribution in [2.24, 2.45) is 5.84 Å². The molecule has 0 aliphatic rings. The zero-order chi connectivity index (χ0) is 13.8. The van der Waals surface area contributed by atoms with Crippen molar-refractivity contribution in [2.75, 3.05) is 0 Å². The van der Waals surface area contributed by atoms with Crippen molar-refractivity contribution in [1.82, 2.24) is 5.43 Å². The molecule has 0 heterocycles. The third-order valence-corrected chi connectivity index (χ3v) is 4.34. The lowest BCUT2D eigenvalue weighted by Crippen LogP contribution is -2.29. The maximum Gasteiger partial charge on any atom is 0.0713 e. The topological polar surface area (TPSA) is 38.0 Å². The lowest BCUT2D eigenvalue weighted by molar-refractivity contribution is 0.632. The van der Waals surface area contributed by atoms with Gasteiger partial charge in [0.25, 0.3) is 0 Å².